The second kappa shape index (κ2) is 8.51. The van der Waals surface area contributed by atoms with Crippen LogP contribution in [0.15, 0.2) is 63.1 Å². The SMILES string of the molecule is NS(=O)(=O)Nc1ccc2c(c1)S(=O)(=O)N=C(C1=C(O)[C@@H]3[C@H]4CC[C@H](C4)[C@@H]3N(Cc3ccc(F)cc3)C1=O)N2. The maximum atomic E-state index is 13.9. The molecule has 2 fully saturated rings. The van der Waals surface area contributed by atoms with Crippen molar-refractivity contribution in [2.75, 3.05) is 10.0 Å². The van der Waals surface area contributed by atoms with Crippen molar-refractivity contribution in [3.05, 3.63) is 65.2 Å². The van der Waals surface area contributed by atoms with E-state index in [0.717, 1.165) is 25.3 Å². The number of aliphatic hydroxyl groups excluding tert-OH is 1. The molecule has 0 radical (unpaired) electrons. The number of nitrogens with one attached hydrogen (secondary N) is 2. The van der Waals surface area contributed by atoms with E-state index in [1.807, 2.05) is 4.72 Å². The fourth-order valence-electron chi connectivity index (χ4n) is 6.33. The van der Waals surface area contributed by atoms with Crippen molar-refractivity contribution < 1.29 is 31.1 Å². The molecule has 2 aromatic carbocycles. The number of amides is 1. The third kappa shape index (κ3) is 4.12. The van der Waals surface area contributed by atoms with Crippen molar-refractivity contribution >= 4 is 43.4 Å². The summed E-state index contributed by atoms with van der Waals surface area (Å²) in [4.78, 5) is 15.2. The fraction of sp³-hybridized carbons (Fsp3) is 0.333. The van der Waals surface area contributed by atoms with Crippen LogP contribution in [0.2, 0.25) is 0 Å². The van der Waals surface area contributed by atoms with Gasteiger partial charge in [0.2, 0.25) is 0 Å². The van der Waals surface area contributed by atoms with Crippen molar-refractivity contribution in [1.82, 2.24) is 4.90 Å². The van der Waals surface area contributed by atoms with Crippen LogP contribution in [0.1, 0.15) is 24.8 Å². The number of nitrogens with two attached hydrogens (primary N) is 1. The van der Waals surface area contributed by atoms with Gasteiger partial charge in [-0.1, -0.05) is 12.1 Å². The zero-order chi connectivity index (χ0) is 27.0. The van der Waals surface area contributed by atoms with E-state index < -0.39 is 32.0 Å². The smallest absolute Gasteiger partial charge is 0.296 e. The van der Waals surface area contributed by atoms with Gasteiger partial charge in [0.25, 0.3) is 26.1 Å². The van der Waals surface area contributed by atoms with E-state index in [9.17, 15) is 31.1 Å². The van der Waals surface area contributed by atoms with Gasteiger partial charge < -0.3 is 15.3 Å². The Kier molecular flexibility index (Phi) is 5.56. The number of nitrogens with zero attached hydrogens (tertiary/aromatic N) is 2. The second-order valence-electron chi connectivity index (χ2n) is 10.1. The van der Waals surface area contributed by atoms with E-state index in [4.69, 9.17) is 5.14 Å². The number of halogens is 1. The predicted molar refractivity (Wildman–Crippen MR) is 136 cm³/mol. The van der Waals surface area contributed by atoms with Crippen molar-refractivity contribution in [3.63, 3.8) is 0 Å². The number of carbonyl (C=O) groups excluding carboxylic acids is 1. The molecule has 4 atom stereocenters. The Morgan fingerprint density at radius 3 is 2.58 bits per heavy atom. The van der Waals surface area contributed by atoms with E-state index in [1.54, 1.807) is 17.0 Å². The first-order chi connectivity index (χ1) is 17.9. The van der Waals surface area contributed by atoms with Crippen LogP contribution in [0.25, 0.3) is 0 Å². The Hall–Kier alpha value is -3.49. The van der Waals surface area contributed by atoms with Crippen LogP contribution in [0.3, 0.4) is 0 Å². The van der Waals surface area contributed by atoms with Gasteiger partial charge in [0.1, 0.15) is 22.0 Å². The van der Waals surface area contributed by atoms with Crippen molar-refractivity contribution in [2.24, 2.45) is 27.3 Å². The number of sulfonamides is 1. The monoisotopic (exact) mass is 561 g/mol. The van der Waals surface area contributed by atoms with Gasteiger partial charge in [0.15, 0.2) is 5.84 Å². The maximum absolute atomic E-state index is 13.9. The van der Waals surface area contributed by atoms with Crippen LogP contribution < -0.4 is 15.2 Å². The molecule has 5 N–H and O–H groups in total. The van der Waals surface area contributed by atoms with Crippen LogP contribution in [-0.2, 0) is 31.6 Å². The lowest BCUT2D eigenvalue weighted by molar-refractivity contribution is -0.134. The highest BCUT2D eigenvalue weighted by atomic mass is 32.2. The average molecular weight is 562 g/mol. The number of carbonyl (C=O) groups is 1. The average Bonchev–Trinajstić information content (AvgIpc) is 3.45. The molecule has 11 nitrogen and oxygen atoms in total. The first-order valence-corrected chi connectivity index (χ1v) is 15.0. The Balaban J connectivity index is 1.41. The van der Waals surface area contributed by atoms with E-state index in [0.29, 0.717) is 5.56 Å². The lowest BCUT2D eigenvalue weighted by atomic mass is 9.77. The molecule has 200 valence electrons. The molecule has 14 heteroatoms. The molecule has 2 bridgehead atoms. The summed E-state index contributed by atoms with van der Waals surface area (Å²) < 4.78 is 68.3. The highest BCUT2D eigenvalue weighted by molar-refractivity contribution is 7.91. The molecular weight excluding hydrogens is 537 g/mol. The molecule has 38 heavy (non-hydrogen) atoms. The van der Waals surface area contributed by atoms with E-state index in [-0.39, 0.29) is 63.8 Å². The number of amidine groups is 1. The molecule has 2 aliphatic heterocycles. The maximum Gasteiger partial charge on any atom is 0.296 e. The fourth-order valence-corrected chi connectivity index (χ4v) is 7.93. The minimum Gasteiger partial charge on any atom is -0.511 e. The normalized spacial score (nSPS) is 27.5. The highest BCUT2D eigenvalue weighted by Crippen LogP contribution is 2.55. The van der Waals surface area contributed by atoms with Gasteiger partial charge in [-0.25, -0.2) is 9.53 Å². The molecule has 0 saturated heterocycles. The molecule has 2 saturated carbocycles. The second-order valence-corrected chi connectivity index (χ2v) is 12.9. The standard InChI is InChI=1S/C24H24FN5O6S2/c25-15-5-1-12(2-6-15)11-30-21-14-4-3-13(9-14)19(21)22(31)20(24(30)32)23-27-17-8-7-16(28-38(26,35)36)10-18(17)37(33,34)29-23/h1-2,5-8,10,13-14,19,21,28,31H,3-4,9,11H2,(H,27,29)(H2,26,35,36)/t13-,14+,19+,21-/m0/s1. The Labute approximate surface area is 218 Å². The molecule has 0 aromatic heterocycles. The van der Waals surface area contributed by atoms with Crippen molar-refractivity contribution in [1.29, 1.82) is 0 Å². The first-order valence-electron chi connectivity index (χ1n) is 12.0. The van der Waals surface area contributed by atoms with Crippen molar-refractivity contribution in [3.8, 4) is 0 Å². The number of anilines is 2. The Bertz CT molecular complexity index is 1640. The number of benzene rings is 2. The molecule has 0 unspecified atom stereocenters. The largest absolute Gasteiger partial charge is 0.511 e. The number of hydrogen-bond donors (Lipinski definition) is 4. The molecule has 2 heterocycles. The summed E-state index contributed by atoms with van der Waals surface area (Å²) in [6.07, 6.45) is 2.67. The molecule has 4 aliphatic rings. The van der Waals surface area contributed by atoms with E-state index in [2.05, 4.69) is 9.71 Å². The topological polar surface area (TPSA) is 171 Å². The molecular formula is C24H24FN5O6S2. The van der Waals surface area contributed by atoms with Gasteiger partial charge in [-0.15, -0.1) is 4.40 Å². The predicted octanol–water partition coefficient (Wildman–Crippen LogP) is 2.22. The minimum atomic E-state index is -4.39. The molecule has 6 rings (SSSR count). The van der Waals surface area contributed by atoms with E-state index in [1.165, 1.54) is 24.3 Å². The van der Waals surface area contributed by atoms with Gasteiger partial charge in [-0.3, -0.25) is 9.52 Å². The minimum absolute atomic E-state index is 0.0585. The Morgan fingerprint density at radius 2 is 1.87 bits per heavy atom. The van der Waals surface area contributed by atoms with Gasteiger partial charge in [0.05, 0.1) is 11.4 Å². The van der Waals surface area contributed by atoms with Crippen LogP contribution in [0.5, 0.6) is 0 Å². The molecule has 2 aliphatic carbocycles. The number of fused-ring (bicyclic) bond motifs is 6. The van der Waals surface area contributed by atoms with Crippen LogP contribution in [-0.4, -0.2) is 44.6 Å². The number of hydrogen-bond acceptors (Lipinski definition) is 7. The summed E-state index contributed by atoms with van der Waals surface area (Å²) >= 11 is 0. The van der Waals surface area contributed by atoms with Gasteiger partial charge >= 0.3 is 0 Å². The quantitative estimate of drug-likeness (QED) is 0.433. The molecule has 2 aromatic rings. The summed E-state index contributed by atoms with van der Waals surface area (Å²) in [5.41, 5.74) is 0.458. The zero-order valence-electron chi connectivity index (χ0n) is 19.8. The summed E-state index contributed by atoms with van der Waals surface area (Å²) in [7, 11) is -8.53. The molecule has 1 amide bonds. The number of rotatable bonds is 5. The third-order valence-electron chi connectivity index (χ3n) is 7.77. The highest BCUT2D eigenvalue weighted by Gasteiger charge is 2.57. The summed E-state index contributed by atoms with van der Waals surface area (Å²) in [6, 6.07) is 9.23. The van der Waals surface area contributed by atoms with Crippen LogP contribution >= 0.6 is 0 Å². The Morgan fingerprint density at radius 1 is 1.16 bits per heavy atom. The van der Waals surface area contributed by atoms with Crippen LogP contribution in [0.4, 0.5) is 15.8 Å². The summed E-state index contributed by atoms with van der Waals surface area (Å²) in [5.74, 6) is -1.48. The van der Waals surface area contributed by atoms with Gasteiger partial charge in [-0.2, -0.15) is 16.8 Å². The van der Waals surface area contributed by atoms with Gasteiger partial charge in [0, 0.05) is 18.5 Å². The van der Waals surface area contributed by atoms with Crippen molar-refractivity contribution in [2.45, 2.75) is 36.7 Å². The summed E-state index contributed by atoms with van der Waals surface area (Å²) in [6.45, 7) is 0.166. The molecule has 0 spiro atoms. The number of aliphatic hydroxyl groups is 1. The lowest BCUT2D eigenvalue weighted by Crippen LogP contribution is -2.53. The first kappa shape index (κ1) is 24.8. The third-order valence-corrected chi connectivity index (χ3v) is 9.60. The van der Waals surface area contributed by atoms with E-state index >= 15 is 0 Å². The lowest BCUT2D eigenvalue weighted by Gasteiger charge is -2.44. The van der Waals surface area contributed by atoms with Gasteiger partial charge in [-0.05, 0) is 67.0 Å². The van der Waals surface area contributed by atoms with Crippen LogP contribution in [0, 0.1) is 23.6 Å². The summed E-state index contributed by atoms with van der Waals surface area (Å²) in [5, 5.41) is 19.2. The zero-order valence-corrected chi connectivity index (χ0v) is 21.5.